The second-order valence-corrected chi connectivity index (χ2v) is 6.10. The SMILES string of the molecule is O=C1NC(N/N=C/c2c[nH]c3ccccc23)=N/C1=C\c1cccs1. The maximum absolute atomic E-state index is 11.9. The molecule has 1 aliphatic rings. The third-order valence-electron chi connectivity index (χ3n) is 3.51. The highest BCUT2D eigenvalue weighted by atomic mass is 32.1. The summed E-state index contributed by atoms with van der Waals surface area (Å²) in [4.78, 5) is 20.3. The van der Waals surface area contributed by atoms with Crippen molar-refractivity contribution in [1.82, 2.24) is 15.7 Å². The van der Waals surface area contributed by atoms with Gasteiger partial charge in [0.15, 0.2) is 0 Å². The lowest BCUT2D eigenvalue weighted by atomic mass is 10.2. The summed E-state index contributed by atoms with van der Waals surface area (Å²) < 4.78 is 0. The van der Waals surface area contributed by atoms with Crippen molar-refractivity contribution in [3.05, 3.63) is 64.1 Å². The lowest BCUT2D eigenvalue weighted by molar-refractivity contribution is -0.115. The van der Waals surface area contributed by atoms with Crippen LogP contribution in [0.25, 0.3) is 17.0 Å². The largest absolute Gasteiger partial charge is 0.361 e. The summed E-state index contributed by atoms with van der Waals surface area (Å²) in [6, 6.07) is 11.8. The van der Waals surface area contributed by atoms with Crippen LogP contribution in [0, 0.1) is 0 Å². The van der Waals surface area contributed by atoms with Crippen LogP contribution >= 0.6 is 11.3 Å². The number of carbonyl (C=O) groups excluding carboxylic acids is 1. The number of hydrogen-bond acceptors (Lipinski definition) is 5. The fraction of sp³-hybridized carbons (Fsp3) is 0. The second-order valence-electron chi connectivity index (χ2n) is 5.12. The summed E-state index contributed by atoms with van der Waals surface area (Å²) in [5.74, 6) is 0.0760. The zero-order valence-corrected chi connectivity index (χ0v) is 13.3. The van der Waals surface area contributed by atoms with Gasteiger partial charge in [-0.05, 0) is 23.6 Å². The molecule has 0 aliphatic carbocycles. The normalized spacial score (nSPS) is 16.1. The van der Waals surface area contributed by atoms with Gasteiger partial charge in [0, 0.05) is 27.5 Å². The maximum Gasteiger partial charge on any atom is 0.276 e. The van der Waals surface area contributed by atoms with E-state index < -0.39 is 0 Å². The molecule has 0 saturated carbocycles. The summed E-state index contributed by atoms with van der Waals surface area (Å²) >= 11 is 1.55. The van der Waals surface area contributed by atoms with Crippen LogP contribution in [-0.4, -0.2) is 23.1 Å². The molecule has 1 aliphatic heterocycles. The van der Waals surface area contributed by atoms with Gasteiger partial charge in [0.05, 0.1) is 6.21 Å². The fourth-order valence-electron chi connectivity index (χ4n) is 2.39. The van der Waals surface area contributed by atoms with Crippen molar-refractivity contribution in [2.24, 2.45) is 10.1 Å². The van der Waals surface area contributed by atoms with Crippen LogP contribution in [0.3, 0.4) is 0 Å². The molecule has 1 aromatic carbocycles. The second kappa shape index (κ2) is 6.13. The Labute approximate surface area is 141 Å². The van der Waals surface area contributed by atoms with Crippen LogP contribution in [0.5, 0.6) is 0 Å². The Morgan fingerprint density at radius 3 is 3.00 bits per heavy atom. The number of nitrogens with zero attached hydrogens (tertiary/aromatic N) is 2. The summed E-state index contributed by atoms with van der Waals surface area (Å²) in [5.41, 5.74) is 5.13. The molecule has 2 aromatic heterocycles. The number of aliphatic imine (C=N–C) groups is 1. The fourth-order valence-corrected chi connectivity index (χ4v) is 3.04. The topological polar surface area (TPSA) is 81.6 Å². The van der Waals surface area contributed by atoms with Gasteiger partial charge in [-0.25, -0.2) is 10.4 Å². The molecular formula is C17H13N5OS. The molecule has 7 heteroatoms. The number of amides is 1. The predicted octanol–water partition coefficient (Wildman–Crippen LogP) is 2.68. The van der Waals surface area contributed by atoms with Gasteiger partial charge in [0.1, 0.15) is 5.70 Å². The van der Waals surface area contributed by atoms with E-state index in [1.165, 1.54) is 0 Å². The van der Waals surface area contributed by atoms with Crippen molar-refractivity contribution in [2.75, 3.05) is 0 Å². The van der Waals surface area contributed by atoms with E-state index in [0.29, 0.717) is 11.7 Å². The van der Waals surface area contributed by atoms with Gasteiger partial charge in [-0.15, -0.1) is 11.3 Å². The van der Waals surface area contributed by atoms with Crippen LogP contribution in [0.4, 0.5) is 0 Å². The number of nitrogens with one attached hydrogen (secondary N) is 3. The first-order chi connectivity index (χ1) is 11.8. The van der Waals surface area contributed by atoms with Crippen LogP contribution in [0.1, 0.15) is 10.4 Å². The van der Waals surface area contributed by atoms with E-state index in [9.17, 15) is 4.79 Å². The van der Waals surface area contributed by atoms with Crippen LogP contribution in [0.2, 0.25) is 0 Å². The number of fused-ring (bicyclic) bond motifs is 1. The Balaban J connectivity index is 1.49. The number of carbonyl (C=O) groups is 1. The minimum atomic E-state index is -0.242. The smallest absolute Gasteiger partial charge is 0.276 e. The summed E-state index contributed by atoms with van der Waals surface area (Å²) in [7, 11) is 0. The number of aromatic nitrogens is 1. The average Bonchev–Trinajstić information content (AvgIpc) is 3.30. The molecule has 3 heterocycles. The van der Waals surface area contributed by atoms with Crippen LogP contribution in [-0.2, 0) is 4.79 Å². The number of hydrogen-bond donors (Lipinski definition) is 3. The molecule has 118 valence electrons. The molecule has 0 fully saturated rings. The summed E-state index contributed by atoms with van der Waals surface area (Å²) in [5, 5.41) is 9.83. The van der Waals surface area contributed by atoms with E-state index >= 15 is 0 Å². The molecule has 1 amide bonds. The molecule has 0 bridgehead atoms. The minimum Gasteiger partial charge on any atom is -0.361 e. The van der Waals surface area contributed by atoms with Gasteiger partial charge in [0.2, 0.25) is 5.96 Å². The Morgan fingerprint density at radius 1 is 1.21 bits per heavy atom. The minimum absolute atomic E-state index is 0.242. The number of guanidine groups is 1. The number of benzene rings is 1. The Kier molecular flexibility index (Phi) is 3.68. The molecule has 24 heavy (non-hydrogen) atoms. The van der Waals surface area contributed by atoms with E-state index in [2.05, 4.69) is 25.8 Å². The highest BCUT2D eigenvalue weighted by Gasteiger charge is 2.19. The first-order valence-electron chi connectivity index (χ1n) is 7.30. The third kappa shape index (κ3) is 2.84. The number of hydrazone groups is 1. The molecule has 0 radical (unpaired) electrons. The monoisotopic (exact) mass is 335 g/mol. The average molecular weight is 335 g/mol. The summed E-state index contributed by atoms with van der Waals surface area (Å²) in [6.45, 7) is 0. The standard InChI is InChI=1S/C17H13N5OS/c23-16-15(8-12-4-3-7-24-12)20-17(21-16)22-19-10-11-9-18-14-6-2-1-5-13(11)14/h1-10,18H,(H2,20,21,22,23)/b15-8-,19-10+. The van der Waals surface area contributed by atoms with Crippen molar-refractivity contribution in [3.8, 4) is 0 Å². The number of rotatable bonds is 3. The van der Waals surface area contributed by atoms with Gasteiger partial charge in [-0.2, -0.15) is 5.10 Å². The van der Waals surface area contributed by atoms with Crippen molar-refractivity contribution in [2.45, 2.75) is 0 Å². The molecule has 3 aromatic rings. The van der Waals surface area contributed by atoms with E-state index in [4.69, 9.17) is 0 Å². The lowest BCUT2D eigenvalue weighted by Gasteiger charge is -1.97. The van der Waals surface area contributed by atoms with Crippen molar-refractivity contribution >= 4 is 46.4 Å². The van der Waals surface area contributed by atoms with E-state index in [1.807, 2.05) is 48.0 Å². The van der Waals surface area contributed by atoms with Crippen LogP contribution < -0.4 is 10.7 Å². The molecule has 4 rings (SSSR count). The number of aromatic amines is 1. The van der Waals surface area contributed by atoms with Gasteiger partial charge in [-0.1, -0.05) is 24.3 Å². The van der Waals surface area contributed by atoms with Crippen molar-refractivity contribution in [1.29, 1.82) is 0 Å². The van der Waals surface area contributed by atoms with E-state index in [0.717, 1.165) is 21.3 Å². The molecule has 0 atom stereocenters. The van der Waals surface area contributed by atoms with Crippen LogP contribution in [0.15, 0.2) is 63.8 Å². The predicted molar refractivity (Wildman–Crippen MR) is 96.9 cm³/mol. The number of para-hydroxylation sites is 1. The van der Waals surface area contributed by atoms with E-state index in [-0.39, 0.29) is 5.91 Å². The molecule has 0 saturated heterocycles. The van der Waals surface area contributed by atoms with Gasteiger partial charge in [0.25, 0.3) is 5.91 Å². The van der Waals surface area contributed by atoms with Gasteiger partial charge in [-0.3, -0.25) is 10.1 Å². The molecule has 3 N–H and O–H groups in total. The van der Waals surface area contributed by atoms with Gasteiger partial charge >= 0.3 is 0 Å². The summed E-state index contributed by atoms with van der Waals surface area (Å²) in [6.07, 6.45) is 5.32. The number of thiophene rings is 1. The number of H-pyrrole nitrogens is 1. The Bertz CT molecular complexity index is 982. The highest BCUT2D eigenvalue weighted by molar-refractivity contribution is 7.10. The molecule has 6 nitrogen and oxygen atoms in total. The third-order valence-corrected chi connectivity index (χ3v) is 4.33. The first kappa shape index (κ1) is 14.4. The molecule has 0 spiro atoms. The Morgan fingerprint density at radius 2 is 2.12 bits per heavy atom. The highest BCUT2D eigenvalue weighted by Crippen LogP contribution is 2.17. The van der Waals surface area contributed by atoms with Gasteiger partial charge < -0.3 is 4.98 Å². The zero-order valence-electron chi connectivity index (χ0n) is 12.5. The molecular weight excluding hydrogens is 322 g/mol. The maximum atomic E-state index is 11.9. The molecule has 0 unspecified atom stereocenters. The Hall–Kier alpha value is -3.19. The van der Waals surface area contributed by atoms with E-state index in [1.54, 1.807) is 23.6 Å². The quantitative estimate of drug-likeness (QED) is 0.391. The first-order valence-corrected chi connectivity index (χ1v) is 8.18. The van der Waals surface area contributed by atoms with Crippen molar-refractivity contribution in [3.63, 3.8) is 0 Å². The zero-order chi connectivity index (χ0) is 16.4. The lowest BCUT2D eigenvalue weighted by Crippen LogP contribution is -2.33. The van der Waals surface area contributed by atoms with Crippen molar-refractivity contribution < 1.29 is 4.79 Å².